The van der Waals surface area contributed by atoms with Gasteiger partial charge in [0.05, 0.1) is 5.92 Å². The second-order valence-electron chi connectivity index (χ2n) is 6.69. The van der Waals surface area contributed by atoms with Gasteiger partial charge in [0.25, 0.3) is 0 Å². The van der Waals surface area contributed by atoms with Crippen molar-refractivity contribution in [1.82, 2.24) is 4.90 Å². The normalized spacial score (nSPS) is 30.6. The summed E-state index contributed by atoms with van der Waals surface area (Å²) in [7, 11) is 0. The number of carboxylic acids is 1. The summed E-state index contributed by atoms with van der Waals surface area (Å²) in [5.41, 5.74) is 0.533. The molecule has 0 aromatic heterocycles. The smallest absolute Gasteiger partial charge is 0.307 e. The van der Waals surface area contributed by atoms with Crippen molar-refractivity contribution < 1.29 is 9.90 Å². The molecule has 1 saturated carbocycles. The number of likely N-dealkylation sites (tertiary alicyclic amines) is 1. The lowest BCUT2D eigenvalue weighted by molar-refractivity contribution is -0.141. The SMILES string of the molecule is CC1(C)CCC(CN2CCC(C(=O)O)C2)CC1. The van der Waals surface area contributed by atoms with Crippen molar-refractivity contribution in [2.24, 2.45) is 17.3 Å². The van der Waals surface area contributed by atoms with E-state index < -0.39 is 5.97 Å². The van der Waals surface area contributed by atoms with Gasteiger partial charge in [0, 0.05) is 13.1 Å². The van der Waals surface area contributed by atoms with Crippen molar-refractivity contribution in [3.8, 4) is 0 Å². The molecular weight excluding hydrogens is 214 g/mol. The number of aliphatic carboxylic acids is 1. The molecule has 1 heterocycles. The molecule has 1 atom stereocenters. The first kappa shape index (κ1) is 12.9. The third kappa shape index (κ3) is 3.44. The molecule has 0 radical (unpaired) electrons. The van der Waals surface area contributed by atoms with Gasteiger partial charge in [-0.05, 0) is 50.0 Å². The maximum Gasteiger partial charge on any atom is 0.307 e. The lowest BCUT2D eigenvalue weighted by atomic mass is 9.73. The number of nitrogens with zero attached hydrogens (tertiary/aromatic N) is 1. The van der Waals surface area contributed by atoms with Gasteiger partial charge in [0.15, 0.2) is 0 Å². The quantitative estimate of drug-likeness (QED) is 0.823. The van der Waals surface area contributed by atoms with Crippen LogP contribution in [0.25, 0.3) is 0 Å². The van der Waals surface area contributed by atoms with E-state index in [9.17, 15) is 4.79 Å². The van der Waals surface area contributed by atoms with Gasteiger partial charge in [-0.2, -0.15) is 0 Å². The van der Waals surface area contributed by atoms with Gasteiger partial charge in [0.2, 0.25) is 0 Å². The Balaban J connectivity index is 1.74. The van der Waals surface area contributed by atoms with Gasteiger partial charge in [-0.15, -0.1) is 0 Å². The molecule has 3 heteroatoms. The minimum atomic E-state index is -0.614. The number of rotatable bonds is 3. The highest BCUT2D eigenvalue weighted by molar-refractivity contribution is 5.70. The van der Waals surface area contributed by atoms with Crippen molar-refractivity contribution >= 4 is 5.97 Å². The Morgan fingerprint density at radius 3 is 2.47 bits per heavy atom. The van der Waals surface area contributed by atoms with Crippen LogP contribution in [0.1, 0.15) is 46.0 Å². The van der Waals surface area contributed by atoms with Crippen molar-refractivity contribution in [3.05, 3.63) is 0 Å². The van der Waals surface area contributed by atoms with E-state index in [1.165, 1.54) is 25.7 Å². The van der Waals surface area contributed by atoms with Crippen LogP contribution in [-0.4, -0.2) is 35.6 Å². The van der Waals surface area contributed by atoms with Gasteiger partial charge in [-0.3, -0.25) is 4.79 Å². The number of carbonyl (C=O) groups is 1. The Bertz CT molecular complexity index is 278. The van der Waals surface area contributed by atoms with E-state index in [1.54, 1.807) is 0 Å². The number of carboxylic acid groups (broad SMARTS) is 1. The first-order valence-electron chi connectivity index (χ1n) is 6.91. The maximum absolute atomic E-state index is 10.9. The van der Waals surface area contributed by atoms with Crippen molar-refractivity contribution in [2.45, 2.75) is 46.0 Å². The molecule has 0 spiro atoms. The lowest BCUT2D eigenvalue weighted by Crippen LogP contribution is -2.32. The van der Waals surface area contributed by atoms with E-state index in [-0.39, 0.29) is 5.92 Å². The molecule has 0 bridgehead atoms. The molecule has 1 saturated heterocycles. The topological polar surface area (TPSA) is 40.5 Å². The van der Waals surface area contributed by atoms with E-state index in [0.717, 1.165) is 32.0 Å². The lowest BCUT2D eigenvalue weighted by Gasteiger charge is -2.35. The first-order chi connectivity index (χ1) is 7.96. The predicted octanol–water partition coefficient (Wildman–Crippen LogP) is 2.61. The minimum Gasteiger partial charge on any atom is -0.481 e. The second kappa shape index (κ2) is 4.97. The molecule has 1 aliphatic heterocycles. The fraction of sp³-hybridized carbons (Fsp3) is 0.929. The molecule has 1 aliphatic carbocycles. The Morgan fingerprint density at radius 2 is 1.94 bits per heavy atom. The Kier molecular flexibility index (Phi) is 3.76. The molecule has 0 amide bonds. The van der Waals surface area contributed by atoms with Crippen LogP contribution in [-0.2, 0) is 4.79 Å². The zero-order valence-electron chi connectivity index (χ0n) is 11.1. The Hall–Kier alpha value is -0.570. The minimum absolute atomic E-state index is 0.116. The van der Waals surface area contributed by atoms with E-state index in [4.69, 9.17) is 5.11 Å². The number of hydrogen-bond acceptors (Lipinski definition) is 2. The molecule has 0 aromatic carbocycles. The summed E-state index contributed by atoms with van der Waals surface area (Å²) < 4.78 is 0. The van der Waals surface area contributed by atoms with E-state index in [1.807, 2.05) is 0 Å². The van der Waals surface area contributed by atoms with Crippen molar-refractivity contribution in [1.29, 1.82) is 0 Å². The molecule has 1 unspecified atom stereocenters. The highest BCUT2D eigenvalue weighted by atomic mass is 16.4. The van der Waals surface area contributed by atoms with Gasteiger partial charge in [-0.1, -0.05) is 13.8 Å². The molecule has 2 fully saturated rings. The third-order valence-corrected chi connectivity index (χ3v) is 4.60. The fourth-order valence-electron chi connectivity index (χ4n) is 3.21. The van der Waals surface area contributed by atoms with Gasteiger partial charge >= 0.3 is 5.97 Å². The Morgan fingerprint density at radius 1 is 1.29 bits per heavy atom. The zero-order valence-corrected chi connectivity index (χ0v) is 11.1. The average Bonchev–Trinajstić information content (AvgIpc) is 2.70. The third-order valence-electron chi connectivity index (χ3n) is 4.60. The van der Waals surface area contributed by atoms with Crippen LogP contribution >= 0.6 is 0 Å². The van der Waals surface area contributed by atoms with Crippen LogP contribution in [0.15, 0.2) is 0 Å². The van der Waals surface area contributed by atoms with Crippen molar-refractivity contribution in [2.75, 3.05) is 19.6 Å². The van der Waals surface area contributed by atoms with E-state index >= 15 is 0 Å². The first-order valence-corrected chi connectivity index (χ1v) is 6.91. The summed E-state index contributed by atoms with van der Waals surface area (Å²) in [6, 6.07) is 0. The number of hydrogen-bond donors (Lipinski definition) is 1. The standard InChI is InChI=1S/C14H25NO2/c1-14(2)6-3-11(4-7-14)9-15-8-5-12(10-15)13(16)17/h11-12H,3-10H2,1-2H3,(H,16,17). The van der Waals surface area contributed by atoms with Gasteiger partial charge in [0.1, 0.15) is 0 Å². The van der Waals surface area contributed by atoms with E-state index in [0.29, 0.717) is 5.41 Å². The largest absolute Gasteiger partial charge is 0.481 e. The zero-order chi connectivity index (χ0) is 12.5. The summed E-state index contributed by atoms with van der Waals surface area (Å²) >= 11 is 0. The monoisotopic (exact) mass is 239 g/mol. The highest BCUT2D eigenvalue weighted by Crippen LogP contribution is 2.38. The fourth-order valence-corrected chi connectivity index (χ4v) is 3.21. The second-order valence-corrected chi connectivity index (χ2v) is 6.69. The summed E-state index contributed by atoms with van der Waals surface area (Å²) in [5.74, 6) is 0.0721. The van der Waals surface area contributed by atoms with Crippen molar-refractivity contribution in [3.63, 3.8) is 0 Å². The van der Waals surface area contributed by atoms with E-state index in [2.05, 4.69) is 18.7 Å². The summed E-state index contributed by atoms with van der Waals surface area (Å²) in [6.45, 7) is 7.60. The molecule has 2 aliphatic rings. The van der Waals surface area contributed by atoms with Gasteiger partial charge in [-0.25, -0.2) is 0 Å². The predicted molar refractivity (Wildman–Crippen MR) is 67.9 cm³/mol. The molecular formula is C14H25NO2. The molecule has 1 N–H and O–H groups in total. The maximum atomic E-state index is 10.9. The van der Waals surface area contributed by atoms with Crippen LogP contribution in [0.5, 0.6) is 0 Å². The summed E-state index contributed by atoms with van der Waals surface area (Å²) in [6.07, 6.45) is 6.14. The molecule has 3 nitrogen and oxygen atoms in total. The molecule has 2 rings (SSSR count). The van der Waals surface area contributed by atoms with Crippen LogP contribution in [0, 0.1) is 17.3 Å². The molecule has 98 valence electrons. The van der Waals surface area contributed by atoms with Crippen LogP contribution in [0.2, 0.25) is 0 Å². The molecule has 17 heavy (non-hydrogen) atoms. The average molecular weight is 239 g/mol. The van der Waals surface area contributed by atoms with Gasteiger partial charge < -0.3 is 10.0 Å². The Labute approximate surface area is 104 Å². The summed E-state index contributed by atoms with van der Waals surface area (Å²) in [4.78, 5) is 13.3. The van der Waals surface area contributed by atoms with Crippen LogP contribution in [0.4, 0.5) is 0 Å². The van der Waals surface area contributed by atoms with Crippen LogP contribution in [0.3, 0.4) is 0 Å². The van der Waals surface area contributed by atoms with Crippen LogP contribution < -0.4 is 0 Å². The molecule has 0 aromatic rings. The summed E-state index contributed by atoms with van der Waals surface area (Å²) in [5, 5.41) is 8.98. The highest BCUT2D eigenvalue weighted by Gasteiger charge is 2.32.